The Morgan fingerprint density at radius 2 is 1.84 bits per heavy atom. The zero-order valence-corrected chi connectivity index (χ0v) is 19.8. The number of carbonyl (C=O) groups excluding carboxylic acids is 1. The zero-order chi connectivity index (χ0) is 22.4. The molecule has 0 aliphatic carbocycles. The predicted molar refractivity (Wildman–Crippen MR) is 129 cm³/mol. The van der Waals surface area contributed by atoms with Crippen LogP contribution in [-0.2, 0) is 5.41 Å². The molecular weight excluding hydrogens is 402 g/mol. The first-order valence-corrected chi connectivity index (χ1v) is 11.9. The van der Waals surface area contributed by atoms with E-state index >= 15 is 0 Å². The molecule has 0 bridgehead atoms. The van der Waals surface area contributed by atoms with E-state index in [9.17, 15) is 4.79 Å². The summed E-state index contributed by atoms with van der Waals surface area (Å²) >= 11 is 1.67. The molecular formula is C26H31N3OS. The van der Waals surface area contributed by atoms with Gasteiger partial charge in [0.2, 0.25) is 0 Å². The first-order chi connectivity index (χ1) is 14.8. The summed E-state index contributed by atoms with van der Waals surface area (Å²) in [6.45, 7) is 9.23. The van der Waals surface area contributed by atoms with Crippen LogP contribution in [0, 0.1) is 6.92 Å². The summed E-state index contributed by atoms with van der Waals surface area (Å²) in [4.78, 5) is 22.8. The van der Waals surface area contributed by atoms with Crippen molar-refractivity contribution in [3.05, 3.63) is 89.0 Å². The highest BCUT2D eigenvalue weighted by Gasteiger charge is 2.26. The van der Waals surface area contributed by atoms with Crippen LogP contribution in [0.5, 0.6) is 0 Å². The lowest BCUT2D eigenvalue weighted by Crippen LogP contribution is -2.25. The highest BCUT2D eigenvalue weighted by Crippen LogP contribution is 2.32. The summed E-state index contributed by atoms with van der Waals surface area (Å²) in [5.41, 5.74) is 4.93. The first-order valence-electron chi connectivity index (χ1n) is 10.6. The topological polar surface area (TPSA) is 54.9 Å². The Morgan fingerprint density at radius 1 is 1.10 bits per heavy atom. The van der Waals surface area contributed by atoms with Gasteiger partial charge in [0.1, 0.15) is 0 Å². The minimum absolute atomic E-state index is 0.0318. The average molecular weight is 434 g/mol. The van der Waals surface area contributed by atoms with E-state index in [-0.39, 0.29) is 17.2 Å². The first kappa shape index (κ1) is 23.0. The fraction of sp³-hybridized carbons (Fsp3) is 0.346. The van der Waals surface area contributed by atoms with Crippen molar-refractivity contribution in [3.8, 4) is 0 Å². The quantitative estimate of drug-likeness (QED) is 0.459. The van der Waals surface area contributed by atoms with Gasteiger partial charge in [0.25, 0.3) is 5.91 Å². The predicted octanol–water partition coefficient (Wildman–Crippen LogP) is 5.76. The van der Waals surface area contributed by atoms with Gasteiger partial charge in [-0.1, -0.05) is 32.9 Å². The molecule has 0 aliphatic heterocycles. The van der Waals surface area contributed by atoms with Gasteiger partial charge in [-0.2, -0.15) is 0 Å². The van der Waals surface area contributed by atoms with Crippen molar-refractivity contribution in [2.45, 2.75) is 50.3 Å². The van der Waals surface area contributed by atoms with E-state index in [2.05, 4.69) is 56.2 Å². The lowest BCUT2D eigenvalue weighted by atomic mass is 9.80. The highest BCUT2D eigenvalue weighted by molar-refractivity contribution is 7.98. The highest BCUT2D eigenvalue weighted by atomic mass is 32.2. The molecule has 2 heterocycles. The lowest BCUT2D eigenvalue weighted by molar-refractivity contribution is 0.0952. The number of pyridine rings is 2. The summed E-state index contributed by atoms with van der Waals surface area (Å²) in [5.74, 6) is 0.226. The van der Waals surface area contributed by atoms with E-state index in [4.69, 9.17) is 4.98 Å². The molecule has 5 heteroatoms. The van der Waals surface area contributed by atoms with E-state index in [0.717, 1.165) is 28.3 Å². The number of amides is 1. The molecule has 2 aromatic heterocycles. The van der Waals surface area contributed by atoms with Crippen LogP contribution >= 0.6 is 11.8 Å². The van der Waals surface area contributed by atoms with E-state index < -0.39 is 0 Å². The zero-order valence-electron chi connectivity index (χ0n) is 19.0. The van der Waals surface area contributed by atoms with Crippen LogP contribution in [0.25, 0.3) is 0 Å². The molecule has 1 unspecified atom stereocenters. The number of aromatic nitrogens is 2. The van der Waals surface area contributed by atoms with Gasteiger partial charge in [-0.15, -0.1) is 11.8 Å². The van der Waals surface area contributed by atoms with Gasteiger partial charge in [-0.3, -0.25) is 14.8 Å². The Balaban J connectivity index is 1.58. The number of benzene rings is 1. The third kappa shape index (κ3) is 5.53. The second kappa shape index (κ2) is 10.1. The third-order valence-corrected chi connectivity index (χ3v) is 6.57. The minimum Gasteiger partial charge on any atom is -0.352 e. The van der Waals surface area contributed by atoms with Gasteiger partial charge in [-0.05, 0) is 67.1 Å². The fourth-order valence-electron chi connectivity index (χ4n) is 3.74. The van der Waals surface area contributed by atoms with E-state index in [1.54, 1.807) is 11.8 Å². The van der Waals surface area contributed by atoms with E-state index in [1.165, 1.54) is 5.56 Å². The van der Waals surface area contributed by atoms with Crippen LogP contribution < -0.4 is 5.32 Å². The maximum atomic E-state index is 12.3. The number of carbonyl (C=O) groups is 1. The number of hydrogen-bond donors (Lipinski definition) is 1. The molecule has 3 rings (SSSR count). The summed E-state index contributed by atoms with van der Waals surface area (Å²) in [6, 6.07) is 16.0. The smallest absolute Gasteiger partial charge is 0.251 e. The molecule has 162 valence electrons. The van der Waals surface area contributed by atoms with Crippen molar-refractivity contribution >= 4 is 17.7 Å². The number of thioether (sulfide) groups is 1. The van der Waals surface area contributed by atoms with E-state index in [0.29, 0.717) is 12.1 Å². The van der Waals surface area contributed by atoms with Gasteiger partial charge in [-0.25, -0.2) is 0 Å². The van der Waals surface area contributed by atoms with Crippen LogP contribution in [0.2, 0.25) is 0 Å². The molecule has 0 saturated heterocycles. The minimum atomic E-state index is -0.208. The molecule has 31 heavy (non-hydrogen) atoms. The molecule has 1 aromatic carbocycles. The number of nitrogens with zero attached hydrogens (tertiary/aromatic N) is 2. The Morgan fingerprint density at radius 3 is 2.45 bits per heavy atom. The van der Waals surface area contributed by atoms with Crippen molar-refractivity contribution < 1.29 is 4.79 Å². The molecule has 3 aromatic rings. The third-order valence-electron chi connectivity index (χ3n) is 5.83. The molecule has 0 fully saturated rings. The number of nitrogens with one attached hydrogen (secondary N) is 1. The lowest BCUT2D eigenvalue weighted by Gasteiger charge is -2.26. The number of aryl methyl sites for hydroxylation is 1. The normalized spacial score (nSPS) is 12.4. The Hall–Kier alpha value is -2.66. The Labute approximate surface area is 189 Å². The van der Waals surface area contributed by atoms with Gasteiger partial charge < -0.3 is 5.32 Å². The van der Waals surface area contributed by atoms with Crippen molar-refractivity contribution in [1.29, 1.82) is 0 Å². The molecule has 0 radical (unpaired) electrons. The molecule has 1 N–H and O–H groups in total. The maximum Gasteiger partial charge on any atom is 0.251 e. The summed E-state index contributed by atoms with van der Waals surface area (Å²) in [5, 5.41) is 3.02. The average Bonchev–Trinajstić information content (AvgIpc) is 2.79. The summed E-state index contributed by atoms with van der Waals surface area (Å²) < 4.78 is 0. The second-order valence-electron chi connectivity index (χ2n) is 8.44. The van der Waals surface area contributed by atoms with Crippen molar-refractivity contribution in [1.82, 2.24) is 15.3 Å². The SMILES string of the molecule is CSc1ccc(C(=O)NCCC(C)c2ccc(C(C)(C)c3ncccc3C)cn2)cc1. The number of hydrogen-bond acceptors (Lipinski definition) is 4. The van der Waals surface area contributed by atoms with Gasteiger partial charge in [0.05, 0.1) is 5.69 Å². The van der Waals surface area contributed by atoms with Crippen molar-refractivity contribution in [2.75, 3.05) is 12.8 Å². The molecule has 4 nitrogen and oxygen atoms in total. The van der Waals surface area contributed by atoms with Gasteiger partial charge >= 0.3 is 0 Å². The van der Waals surface area contributed by atoms with Crippen molar-refractivity contribution in [2.24, 2.45) is 0 Å². The van der Waals surface area contributed by atoms with Gasteiger partial charge in [0, 0.05) is 46.4 Å². The Bertz CT molecular complexity index is 1010. The molecule has 0 spiro atoms. The fourth-order valence-corrected chi connectivity index (χ4v) is 4.15. The van der Waals surface area contributed by atoms with Crippen LogP contribution in [0.1, 0.15) is 66.0 Å². The second-order valence-corrected chi connectivity index (χ2v) is 9.32. The van der Waals surface area contributed by atoms with Crippen molar-refractivity contribution in [3.63, 3.8) is 0 Å². The summed E-state index contributed by atoms with van der Waals surface area (Å²) in [6.07, 6.45) is 6.67. The standard InChI is InChI=1S/C26H31N3OS/c1-18(14-16-28-25(30)20-8-11-22(31-5)12-9-20)23-13-10-21(17-29-23)26(3,4)24-19(2)7-6-15-27-24/h6-13,15,17-18H,14,16H2,1-5H3,(H,28,30). The Kier molecular flexibility index (Phi) is 7.50. The van der Waals surface area contributed by atoms with Crippen LogP contribution in [0.3, 0.4) is 0 Å². The largest absolute Gasteiger partial charge is 0.352 e. The monoisotopic (exact) mass is 433 g/mol. The van der Waals surface area contributed by atoms with E-state index in [1.807, 2.05) is 49.0 Å². The van der Waals surface area contributed by atoms with Crippen LogP contribution in [0.15, 0.2) is 65.8 Å². The van der Waals surface area contributed by atoms with Crippen LogP contribution in [0.4, 0.5) is 0 Å². The molecule has 0 saturated carbocycles. The summed E-state index contributed by atoms with van der Waals surface area (Å²) in [7, 11) is 0. The number of rotatable bonds is 8. The maximum absolute atomic E-state index is 12.3. The van der Waals surface area contributed by atoms with Gasteiger partial charge in [0.15, 0.2) is 0 Å². The molecule has 1 atom stereocenters. The molecule has 0 aliphatic rings. The molecule has 1 amide bonds. The van der Waals surface area contributed by atoms with Crippen LogP contribution in [-0.4, -0.2) is 28.7 Å².